The summed E-state index contributed by atoms with van der Waals surface area (Å²) < 4.78 is 28.2. The number of aryl methyl sites for hydroxylation is 1. The minimum Gasteiger partial charge on any atom is -0.383 e. The minimum atomic E-state index is -1.37. The molecule has 1 saturated heterocycles. The van der Waals surface area contributed by atoms with Crippen LogP contribution >= 0.6 is 15.9 Å². The van der Waals surface area contributed by atoms with Gasteiger partial charge in [0.2, 0.25) is 0 Å². The molecule has 1 aliphatic carbocycles. The molecule has 0 amide bonds. The Morgan fingerprint density at radius 3 is 2.27 bits per heavy atom. The summed E-state index contributed by atoms with van der Waals surface area (Å²) in [4.78, 5) is 11.4. The average molecular weight is 814 g/mol. The van der Waals surface area contributed by atoms with Crippen LogP contribution in [-0.4, -0.2) is 85.5 Å². The lowest BCUT2D eigenvalue weighted by Gasteiger charge is -2.33. The highest BCUT2D eigenvalue weighted by molar-refractivity contribution is 9.10. The van der Waals surface area contributed by atoms with Crippen molar-refractivity contribution in [3.8, 4) is 0 Å². The van der Waals surface area contributed by atoms with E-state index in [9.17, 15) is 5.11 Å². The number of nitrogen functional groups attached to an aromatic ring is 1. The molecule has 4 aromatic rings. The molecule has 1 aromatic carbocycles. The zero-order valence-electron chi connectivity index (χ0n) is 32.3. The largest absolute Gasteiger partial charge is 0.383 e. The average Bonchev–Trinajstić information content (AvgIpc) is 3.69. The van der Waals surface area contributed by atoms with Crippen molar-refractivity contribution < 1.29 is 24.1 Å². The first-order chi connectivity index (χ1) is 24.3. The maximum absolute atomic E-state index is 12.8. The van der Waals surface area contributed by atoms with Crippen LogP contribution in [-0.2, 0) is 31.0 Å². The van der Waals surface area contributed by atoms with E-state index < -0.39 is 39.1 Å². The van der Waals surface area contributed by atoms with Gasteiger partial charge in [0.1, 0.15) is 42.8 Å². The van der Waals surface area contributed by atoms with E-state index >= 15 is 0 Å². The van der Waals surface area contributed by atoms with Crippen LogP contribution in [0.5, 0.6) is 0 Å². The summed E-state index contributed by atoms with van der Waals surface area (Å²) in [6.07, 6.45) is 2.61. The number of ether oxygens (including phenoxy) is 4. The highest BCUT2D eigenvalue weighted by Gasteiger charge is 2.66. The molecule has 11 nitrogen and oxygen atoms in total. The Bertz CT molecular complexity index is 1880. The number of halogens is 1. The number of hydrogen-bond donors (Lipinski definition) is 2. The van der Waals surface area contributed by atoms with Gasteiger partial charge in [-0.25, -0.2) is 14.5 Å². The van der Waals surface area contributed by atoms with Gasteiger partial charge in [0, 0.05) is 40.2 Å². The van der Waals surface area contributed by atoms with E-state index in [4.69, 9.17) is 34.8 Å². The smallest absolute Gasteiger partial charge is 0.163 e. The van der Waals surface area contributed by atoms with E-state index in [1.165, 1.54) is 0 Å². The SMILES string of the molecule is CC1(C)O[C@@H]2[C@H](O1)[C@@](C)(CCc1ccc3cc(Br)c(N)nc3c1)C[C@@]2(O)c1ccc2c(N(COCC[Si](C)(C)C)COCC[Si](C)(C)C)ncnn12. The zero-order valence-corrected chi connectivity index (χ0v) is 35.9. The van der Waals surface area contributed by atoms with Gasteiger partial charge >= 0.3 is 0 Å². The van der Waals surface area contributed by atoms with Crippen molar-refractivity contribution in [2.24, 2.45) is 5.41 Å². The number of aliphatic hydroxyl groups is 1. The monoisotopic (exact) mass is 812 g/mol. The van der Waals surface area contributed by atoms with Crippen molar-refractivity contribution in [3.05, 3.63) is 58.5 Å². The Morgan fingerprint density at radius 2 is 1.62 bits per heavy atom. The van der Waals surface area contributed by atoms with Gasteiger partial charge in [0.15, 0.2) is 11.6 Å². The van der Waals surface area contributed by atoms with Crippen molar-refractivity contribution >= 4 is 60.1 Å². The Labute approximate surface area is 318 Å². The molecule has 3 aromatic heterocycles. The molecule has 0 spiro atoms. The Balaban J connectivity index is 1.28. The second kappa shape index (κ2) is 14.7. The van der Waals surface area contributed by atoms with E-state index in [0.717, 1.165) is 51.4 Å². The fourth-order valence-electron chi connectivity index (χ4n) is 7.45. The number of pyridine rings is 1. The summed E-state index contributed by atoms with van der Waals surface area (Å²) in [5, 5.41) is 18.6. The molecule has 1 aliphatic heterocycles. The molecule has 2 fully saturated rings. The van der Waals surface area contributed by atoms with Crippen molar-refractivity contribution in [3.63, 3.8) is 0 Å². The standard InChI is InChI=1S/C38H57BrN6O5Si2/c1-36(2)49-32-33(50-36)38(46,22-37(32,3)15-14-26-10-11-27-21-28(39)34(40)43-29(27)20-26)31-13-12-30-35(41-23-42-45(30)31)44(24-47-16-18-51(4,5)6)25-48-17-19-52(7,8)9/h10-13,20-21,23,32-33,46H,14-19,22,24-25H2,1-9H3,(H2,40,43)/t32-,33+,37-,38+/m0/s1. The summed E-state index contributed by atoms with van der Waals surface area (Å²) >= 11 is 3.48. The van der Waals surface area contributed by atoms with Crippen molar-refractivity contribution in [2.75, 3.05) is 37.3 Å². The zero-order chi connectivity index (χ0) is 37.7. The molecule has 3 N–H and O–H groups in total. The van der Waals surface area contributed by atoms with Gasteiger partial charge in [-0.2, -0.15) is 5.10 Å². The Morgan fingerprint density at radius 1 is 0.962 bits per heavy atom. The van der Waals surface area contributed by atoms with Crippen LogP contribution in [0, 0.1) is 5.41 Å². The van der Waals surface area contributed by atoms with Gasteiger partial charge in [-0.3, -0.25) is 0 Å². The molecule has 0 unspecified atom stereocenters. The van der Waals surface area contributed by atoms with E-state index in [1.54, 1.807) is 6.33 Å². The number of rotatable bonds is 15. The van der Waals surface area contributed by atoms with Gasteiger partial charge in [0.05, 0.1) is 21.8 Å². The van der Waals surface area contributed by atoms with E-state index in [2.05, 4.69) is 85.3 Å². The van der Waals surface area contributed by atoms with Crippen LogP contribution in [0.4, 0.5) is 11.6 Å². The number of nitrogens with zero attached hydrogens (tertiary/aromatic N) is 5. The van der Waals surface area contributed by atoms with Crippen molar-refractivity contribution in [1.82, 2.24) is 19.6 Å². The van der Waals surface area contributed by atoms with Crippen LogP contribution in [0.25, 0.3) is 16.4 Å². The molecule has 52 heavy (non-hydrogen) atoms. The molecule has 4 atom stereocenters. The third-order valence-corrected chi connectivity index (χ3v) is 14.5. The van der Waals surface area contributed by atoms with Crippen molar-refractivity contribution in [2.45, 2.75) is 115 Å². The van der Waals surface area contributed by atoms with Crippen LogP contribution in [0.3, 0.4) is 0 Å². The first kappa shape index (κ1) is 39.3. The molecule has 0 bridgehead atoms. The lowest BCUT2D eigenvalue weighted by atomic mass is 9.79. The first-order valence-electron chi connectivity index (χ1n) is 18.4. The summed E-state index contributed by atoms with van der Waals surface area (Å²) in [5.74, 6) is 0.315. The van der Waals surface area contributed by atoms with Gasteiger partial charge < -0.3 is 34.7 Å². The highest BCUT2D eigenvalue weighted by Crippen LogP contribution is 2.58. The van der Waals surface area contributed by atoms with Gasteiger partial charge in [-0.15, -0.1) is 0 Å². The first-order valence-corrected chi connectivity index (χ1v) is 26.6. The Hall–Kier alpha value is -2.44. The van der Waals surface area contributed by atoms with Crippen LogP contribution in [0.2, 0.25) is 51.4 Å². The number of anilines is 2. The summed E-state index contributed by atoms with van der Waals surface area (Å²) in [7, 11) is -2.51. The molecule has 2 aliphatic rings. The molecule has 6 rings (SSSR count). The molecule has 284 valence electrons. The van der Waals surface area contributed by atoms with E-state index in [0.29, 0.717) is 50.4 Å². The fraction of sp³-hybridized carbons (Fsp3) is 0.605. The maximum Gasteiger partial charge on any atom is 0.163 e. The number of hydrogen-bond acceptors (Lipinski definition) is 10. The second-order valence-electron chi connectivity index (χ2n) is 17.9. The molecule has 4 heterocycles. The summed E-state index contributed by atoms with van der Waals surface area (Å²) in [6.45, 7) is 22.2. The third-order valence-electron chi connectivity index (χ3n) is 10.4. The Kier molecular flexibility index (Phi) is 11.1. The fourth-order valence-corrected chi connectivity index (χ4v) is 9.30. The van der Waals surface area contributed by atoms with Crippen LogP contribution in [0.1, 0.15) is 44.9 Å². The lowest BCUT2D eigenvalue weighted by Crippen LogP contribution is -2.40. The second-order valence-corrected chi connectivity index (χ2v) is 30.0. The topological polar surface area (TPSA) is 129 Å². The van der Waals surface area contributed by atoms with E-state index in [1.807, 2.05) is 41.5 Å². The van der Waals surface area contributed by atoms with Gasteiger partial charge in [0.25, 0.3) is 0 Å². The molecule has 14 heteroatoms. The van der Waals surface area contributed by atoms with Gasteiger partial charge in [-0.05, 0) is 91.0 Å². The predicted molar refractivity (Wildman–Crippen MR) is 216 cm³/mol. The minimum absolute atomic E-state index is 0.333. The van der Waals surface area contributed by atoms with Gasteiger partial charge in [-0.1, -0.05) is 58.3 Å². The molecule has 0 radical (unpaired) electrons. The summed E-state index contributed by atoms with van der Waals surface area (Å²) in [6, 6.07) is 14.4. The highest BCUT2D eigenvalue weighted by atomic mass is 79.9. The quantitative estimate of drug-likeness (QED) is 0.0697. The molecular weight excluding hydrogens is 757 g/mol. The molecule has 1 saturated carbocycles. The summed E-state index contributed by atoms with van der Waals surface area (Å²) in [5.41, 5.74) is 7.75. The maximum atomic E-state index is 12.8. The van der Waals surface area contributed by atoms with E-state index in [-0.39, 0.29) is 6.10 Å². The van der Waals surface area contributed by atoms with Crippen LogP contribution in [0.15, 0.2) is 47.2 Å². The lowest BCUT2D eigenvalue weighted by molar-refractivity contribution is -0.192. The number of fused-ring (bicyclic) bond motifs is 3. The normalized spacial score (nSPS) is 24.6. The third kappa shape index (κ3) is 8.59. The van der Waals surface area contributed by atoms with Crippen molar-refractivity contribution in [1.29, 1.82) is 0 Å². The number of benzene rings is 1. The number of nitrogens with two attached hydrogens (primary N) is 1. The van der Waals surface area contributed by atoms with Crippen LogP contribution < -0.4 is 10.6 Å². The molecular formula is C38H57BrN6O5Si2. The predicted octanol–water partition coefficient (Wildman–Crippen LogP) is 7.80. The number of aromatic nitrogens is 4.